The summed E-state index contributed by atoms with van der Waals surface area (Å²) in [5.74, 6) is 3.23. The predicted octanol–water partition coefficient (Wildman–Crippen LogP) is 2.70. The van der Waals surface area contributed by atoms with E-state index in [0.29, 0.717) is 6.04 Å². The molecule has 1 unspecified atom stereocenters. The molecule has 0 amide bonds. The summed E-state index contributed by atoms with van der Waals surface area (Å²) in [6, 6.07) is 14.5. The average molecular weight is 413 g/mol. The molecule has 2 N–H and O–H groups in total. The van der Waals surface area contributed by atoms with Gasteiger partial charge in [0.1, 0.15) is 5.75 Å². The molecule has 3 rings (SSSR count). The molecular formula is C23H32N4O3. The summed E-state index contributed by atoms with van der Waals surface area (Å²) < 4.78 is 16.2. The van der Waals surface area contributed by atoms with E-state index in [9.17, 15) is 0 Å². The van der Waals surface area contributed by atoms with Gasteiger partial charge in [0.15, 0.2) is 17.5 Å². The van der Waals surface area contributed by atoms with Crippen LogP contribution in [0.25, 0.3) is 0 Å². The van der Waals surface area contributed by atoms with Crippen LogP contribution >= 0.6 is 0 Å². The van der Waals surface area contributed by atoms with E-state index in [1.54, 1.807) is 28.4 Å². The van der Waals surface area contributed by atoms with Crippen molar-refractivity contribution >= 4 is 11.6 Å². The summed E-state index contributed by atoms with van der Waals surface area (Å²) in [6.45, 7) is 2.68. The topological polar surface area (TPSA) is 67.4 Å². The van der Waals surface area contributed by atoms with Gasteiger partial charge in [-0.3, -0.25) is 4.99 Å². The molecule has 1 fully saturated rings. The fourth-order valence-electron chi connectivity index (χ4n) is 3.74. The van der Waals surface area contributed by atoms with Crippen LogP contribution in [0.4, 0.5) is 5.69 Å². The highest BCUT2D eigenvalue weighted by Gasteiger charge is 2.25. The lowest BCUT2D eigenvalue weighted by molar-refractivity contribution is 0.354. The lowest BCUT2D eigenvalue weighted by Gasteiger charge is -2.22. The van der Waals surface area contributed by atoms with Crippen LogP contribution in [-0.2, 0) is 6.42 Å². The number of rotatable bonds is 8. The molecule has 0 aliphatic carbocycles. The van der Waals surface area contributed by atoms with Gasteiger partial charge >= 0.3 is 0 Å². The van der Waals surface area contributed by atoms with Crippen LogP contribution in [0.15, 0.2) is 47.5 Å². The summed E-state index contributed by atoms with van der Waals surface area (Å²) >= 11 is 0. The van der Waals surface area contributed by atoms with Gasteiger partial charge in [0.25, 0.3) is 0 Å². The van der Waals surface area contributed by atoms with Gasteiger partial charge in [-0.1, -0.05) is 18.2 Å². The van der Waals surface area contributed by atoms with Gasteiger partial charge in [-0.2, -0.15) is 0 Å². The second-order valence-corrected chi connectivity index (χ2v) is 7.19. The Morgan fingerprint density at radius 2 is 1.80 bits per heavy atom. The number of anilines is 1. The number of hydrogen-bond acceptors (Lipinski definition) is 5. The third kappa shape index (κ3) is 5.28. The molecule has 30 heavy (non-hydrogen) atoms. The standard InChI is InChI=1S/C23H32N4O3/c1-24-23(25-13-11-17-9-10-21(29-3)22(15-17)30-4)26-18-12-14-27(16-18)19-7-5-6-8-20(19)28-2/h5-10,15,18H,11-14,16H2,1-4H3,(H2,24,25,26). The first-order valence-corrected chi connectivity index (χ1v) is 10.2. The Morgan fingerprint density at radius 3 is 2.53 bits per heavy atom. The molecule has 1 heterocycles. The summed E-state index contributed by atoms with van der Waals surface area (Å²) in [5, 5.41) is 6.95. The molecule has 7 nitrogen and oxygen atoms in total. The van der Waals surface area contributed by atoms with Gasteiger partial charge in [-0.05, 0) is 42.7 Å². The number of hydrogen-bond donors (Lipinski definition) is 2. The van der Waals surface area contributed by atoms with Crippen molar-refractivity contribution in [3.8, 4) is 17.2 Å². The normalized spacial score (nSPS) is 16.3. The molecule has 0 spiro atoms. The van der Waals surface area contributed by atoms with Crippen LogP contribution in [0.1, 0.15) is 12.0 Å². The zero-order chi connectivity index (χ0) is 21.3. The molecule has 2 aromatic rings. The van der Waals surface area contributed by atoms with E-state index >= 15 is 0 Å². The Morgan fingerprint density at radius 1 is 1.03 bits per heavy atom. The number of aliphatic imine (C=N–C) groups is 1. The van der Waals surface area contributed by atoms with Crippen molar-refractivity contribution < 1.29 is 14.2 Å². The van der Waals surface area contributed by atoms with Crippen molar-refractivity contribution in [3.05, 3.63) is 48.0 Å². The van der Waals surface area contributed by atoms with Crippen molar-refractivity contribution in [2.45, 2.75) is 18.9 Å². The largest absolute Gasteiger partial charge is 0.495 e. The van der Waals surface area contributed by atoms with Crippen molar-refractivity contribution in [2.24, 2.45) is 4.99 Å². The lowest BCUT2D eigenvalue weighted by atomic mass is 10.1. The highest BCUT2D eigenvalue weighted by molar-refractivity contribution is 5.80. The number of guanidine groups is 1. The van der Waals surface area contributed by atoms with Gasteiger partial charge in [-0.25, -0.2) is 0 Å². The summed E-state index contributed by atoms with van der Waals surface area (Å²) in [4.78, 5) is 6.74. The second-order valence-electron chi connectivity index (χ2n) is 7.19. The van der Waals surface area contributed by atoms with Crippen LogP contribution in [0.3, 0.4) is 0 Å². The molecule has 2 aromatic carbocycles. The lowest BCUT2D eigenvalue weighted by Crippen LogP contribution is -2.45. The summed E-state index contributed by atoms with van der Waals surface area (Å²) in [5.41, 5.74) is 2.32. The van der Waals surface area contributed by atoms with Gasteiger partial charge < -0.3 is 29.7 Å². The molecule has 0 bridgehead atoms. The Balaban J connectivity index is 1.49. The maximum atomic E-state index is 5.51. The molecule has 0 saturated carbocycles. The maximum absolute atomic E-state index is 5.51. The zero-order valence-corrected chi connectivity index (χ0v) is 18.3. The van der Waals surface area contributed by atoms with Crippen molar-refractivity contribution in [1.29, 1.82) is 0 Å². The van der Waals surface area contributed by atoms with E-state index in [-0.39, 0.29) is 0 Å². The number of para-hydroxylation sites is 2. The van der Waals surface area contributed by atoms with E-state index in [1.807, 2.05) is 30.3 Å². The summed E-state index contributed by atoms with van der Waals surface area (Å²) in [6.07, 6.45) is 1.91. The number of nitrogens with zero attached hydrogens (tertiary/aromatic N) is 2. The van der Waals surface area contributed by atoms with E-state index in [0.717, 1.165) is 61.4 Å². The molecule has 1 saturated heterocycles. The average Bonchev–Trinajstić information content (AvgIpc) is 3.26. The van der Waals surface area contributed by atoms with Crippen LogP contribution in [0, 0.1) is 0 Å². The number of methoxy groups -OCH3 is 3. The second kappa shape index (κ2) is 10.6. The van der Waals surface area contributed by atoms with Crippen LogP contribution in [0.5, 0.6) is 17.2 Å². The van der Waals surface area contributed by atoms with E-state index in [2.05, 4.69) is 32.7 Å². The molecule has 7 heteroatoms. The highest BCUT2D eigenvalue weighted by Crippen LogP contribution is 2.30. The minimum Gasteiger partial charge on any atom is -0.495 e. The van der Waals surface area contributed by atoms with Crippen LogP contribution in [0.2, 0.25) is 0 Å². The minimum atomic E-state index is 0.335. The smallest absolute Gasteiger partial charge is 0.191 e. The first-order valence-electron chi connectivity index (χ1n) is 10.2. The molecule has 0 aromatic heterocycles. The first kappa shape index (κ1) is 21.6. The van der Waals surface area contributed by atoms with Gasteiger partial charge in [0, 0.05) is 32.7 Å². The van der Waals surface area contributed by atoms with E-state index < -0.39 is 0 Å². The van der Waals surface area contributed by atoms with Crippen molar-refractivity contribution in [2.75, 3.05) is 52.9 Å². The third-order valence-electron chi connectivity index (χ3n) is 5.33. The SMILES string of the molecule is CN=C(NCCc1ccc(OC)c(OC)c1)NC1CCN(c2ccccc2OC)C1. The van der Waals surface area contributed by atoms with Gasteiger partial charge in [0.2, 0.25) is 0 Å². The third-order valence-corrected chi connectivity index (χ3v) is 5.33. The summed E-state index contributed by atoms with van der Waals surface area (Å²) in [7, 11) is 6.82. The number of nitrogens with one attached hydrogen (secondary N) is 2. The molecule has 1 aliphatic rings. The number of benzene rings is 2. The highest BCUT2D eigenvalue weighted by atomic mass is 16.5. The van der Waals surface area contributed by atoms with E-state index in [1.165, 1.54) is 5.56 Å². The maximum Gasteiger partial charge on any atom is 0.191 e. The fraction of sp³-hybridized carbons (Fsp3) is 0.435. The van der Waals surface area contributed by atoms with Gasteiger partial charge in [-0.15, -0.1) is 0 Å². The Bertz CT molecular complexity index is 856. The fourth-order valence-corrected chi connectivity index (χ4v) is 3.74. The van der Waals surface area contributed by atoms with Crippen molar-refractivity contribution in [1.82, 2.24) is 10.6 Å². The molecule has 1 atom stereocenters. The Labute approximate surface area is 179 Å². The van der Waals surface area contributed by atoms with Crippen LogP contribution < -0.4 is 29.7 Å². The quantitative estimate of drug-likeness (QED) is 0.513. The van der Waals surface area contributed by atoms with Gasteiger partial charge in [0.05, 0.1) is 27.0 Å². The van der Waals surface area contributed by atoms with Crippen molar-refractivity contribution in [3.63, 3.8) is 0 Å². The molecule has 162 valence electrons. The zero-order valence-electron chi connectivity index (χ0n) is 18.3. The monoisotopic (exact) mass is 412 g/mol. The van der Waals surface area contributed by atoms with E-state index in [4.69, 9.17) is 14.2 Å². The van der Waals surface area contributed by atoms with Crippen LogP contribution in [-0.4, -0.2) is 60.0 Å². The predicted molar refractivity (Wildman–Crippen MR) is 121 cm³/mol. The minimum absolute atomic E-state index is 0.335. The Hall–Kier alpha value is -3.09. The molecule has 0 radical (unpaired) electrons. The molecule has 1 aliphatic heterocycles. The molecular weight excluding hydrogens is 380 g/mol. The first-order chi connectivity index (χ1) is 14.7. The Kier molecular flexibility index (Phi) is 7.65. The number of ether oxygens (including phenoxy) is 3.